The van der Waals surface area contributed by atoms with Crippen LogP contribution in [0.25, 0.3) is 0 Å². The van der Waals surface area contributed by atoms with Crippen LogP contribution in [0.1, 0.15) is 10.4 Å². The SMILES string of the molecule is CS(=O)(=O)N1CCN(c2ccccc2NC(=O)c2cccc(Br)c2)CC1. The molecule has 0 saturated carbocycles. The molecule has 1 heterocycles. The van der Waals surface area contributed by atoms with Crippen LogP contribution in [0, 0.1) is 0 Å². The Bertz CT molecular complexity index is 909. The van der Waals surface area contributed by atoms with Crippen LogP contribution in [0.5, 0.6) is 0 Å². The fraction of sp³-hybridized carbons (Fsp3) is 0.278. The van der Waals surface area contributed by atoms with E-state index < -0.39 is 10.0 Å². The third-order valence-corrected chi connectivity index (χ3v) is 6.08. The molecule has 0 spiro atoms. The van der Waals surface area contributed by atoms with Crippen LogP contribution in [-0.4, -0.2) is 51.1 Å². The van der Waals surface area contributed by atoms with Crippen molar-refractivity contribution in [2.24, 2.45) is 0 Å². The highest BCUT2D eigenvalue weighted by Crippen LogP contribution is 2.27. The molecular formula is C18H20BrN3O3S. The second-order valence-electron chi connectivity index (χ2n) is 6.13. The summed E-state index contributed by atoms with van der Waals surface area (Å²) in [4.78, 5) is 14.6. The van der Waals surface area contributed by atoms with Crippen LogP contribution < -0.4 is 10.2 Å². The number of nitrogens with one attached hydrogen (secondary N) is 1. The number of amides is 1. The van der Waals surface area contributed by atoms with Gasteiger partial charge in [0, 0.05) is 36.2 Å². The number of piperazine rings is 1. The van der Waals surface area contributed by atoms with Gasteiger partial charge in [0.25, 0.3) is 5.91 Å². The fourth-order valence-electron chi connectivity index (χ4n) is 2.94. The van der Waals surface area contributed by atoms with Crippen molar-refractivity contribution in [3.63, 3.8) is 0 Å². The van der Waals surface area contributed by atoms with Gasteiger partial charge < -0.3 is 10.2 Å². The maximum absolute atomic E-state index is 12.5. The van der Waals surface area contributed by atoms with Crippen molar-refractivity contribution in [3.8, 4) is 0 Å². The highest BCUT2D eigenvalue weighted by molar-refractivity contribution is 9.10. The molecule has 1 aliphatic rings. The Kier molecular flexibility index (Phi) is 5.64. The smallest absolute Gasteiger partial charge is 0.255 e. The van der Waals surface area contributed by atoms with E-state index in [1.165, 1.54) is 10.6 Å². The number of anilines is 2. The lowest BCUT2D eigenvalue weighted by Crippen LogP contribution is -2.48. The maximum Gasteiger partial charge on any atom is 0.255 e. The molecule has 1 fully saturated rings. The molecule has 1 aliphatic heterocycles. The average molecular weight is 438 g/mol. The van der Waals surface area contributed by atoms with Gasteiger partial charge in [-0.25, -0.2) is 8.42 Å². The Labute approximate surface area is 162 Å². The molecule has 0 atom stereocenters. The van der Waals surface area contributed by atoms with Crippen molar-refractivity contribution in [1.82, 2.24) is 4.31 Å². The van der Waals surface area contributed by atoms with E-state index in [0.717, 1.165) is 10.2 Å². The molecule has 0 bridgehead atoms. The Morgan fingerprint density at radius 2 is 1.73 bits per heavy atom. The molecular weight excluding hydrogens is 418 g/mol. The minimum atomic E-state index is -3.17. The molecule has 2 aromatic carbocycles. The molecule has 6 nitrogen and oxygen atoms in total. The number of nitrogens with zero attached hydrogens (tertiary/aromatic N) is 2. The number of para-hydroxylation sites is 2. The summed E-state index contributed by atoms with van der Waals surface area (Å²) in [6.45, 7) is 2.03. The number of hydrogen-bond acceptors (Lipinski definition) is 4. The molecule has 1 amide bonds. The molecule has 2 aromatic rings. The molecule has 26 heavy (non-hydrogen) atoms. The number of carbonyl (C=O) groups is 1. The molecule has 1 saturated heterocycles. The third-order valence-electron chi connectivity index (χ3n) is 4.29. The Balaban J connectivity index is 1.76. The summed E-state index contributed by atoms with van der Waals surface area (Å²) in [6, 6.07) is 14.8. The zero-order valence-electron chi connectivity index (χ0n) is 14.4. The van der Waals surface area contributed by atoms with Crippen LogP contribution in [-0.2, 0) is 10.0 Å². The number of carbonyl (C=O) groups excluding carboxylic acids is 1. The number of rotatable bonds is 4. The van der Waals surface area contributed by atoms with E-state index in [1.807, 2.05) is 36.4 Å². The topological polar surface area (TPSA) is 69.7 Å². The zero-order valence-corrected chi connectivity index (χ0v) is 16.8. The second-order valence-corrected chi connectivity index (χ2v) is 9.03. The standard InChI is InChI=1S/C18H20BrN3O3S/c1-26(24,25)22-11-9-21(10-12-22)17-8-3-2-7-16(17)20-18(23)14-5-4-6-15(19)13-14/h2-8,13H,9-12H2,1H3,(H,20,23). The van der Waals surface area contributed by atoms with Crippen LogP contribution in [0.15, 0.2) is 53.0 Å². The summed E-state index contributed by atoms with van der Waals surface area (Å²) < 4.78 is 25.7. The second kappa shape index (κ2) is 7.77. The minimum absolute atomic E-state index is 0.187. The number of sulfonamides is 1. The summed E-state index contributed by atoms with van der Waals surface area (Å²) in [5, 5.41) is 2.96. The van der Waals surface area contributed by atoms with Crippen molar-refractivity contribution in [2.45, 2.75) is 0 Å². The van der Waals surface area contributed by atoms with Crippen LogP contribution in [0.3, 0.4) is 0 Å². The van der Waals surface area contributed by atoms with Crippen molar-refractivity contribution < 1.29 is 13.2 Å². The highest BCUT2D eigenvalue weighted by Gasteiger charge is 2.24. The average Bonchev–Trinajstić information content (AvgIpc) is 2.61. The van der Waals surface area contributed by atoms with Crippen LogP contribution >= 0.6 is 15.9 Å². The molecule has 0 radical (unpaired) electrons. The molecule has 0 unspecified atom stereocenters. The molecule has 3 rings (SSSR count). The zero-order chi connectivity index (χ0) is 18.7. The maximum atomic E-state index is 12.5. The normalized spacial score (nSPS) is 15.7. The Hall–Kier alpha value is -1.90. The first kappa shape index (κ1) is 18.9. The largest absolute Gasteiger partial charge is 0.367 e. The van der Waals surface area contributed by atoms with E-state index in [4.69, 9.17) is 0 Å². The molecule has 138 valence electrons. The Morgan fingerprint density at radius 1 is 1.04 bits per heavy atom. The van der Waals surface area contributed by atoms with E-state index in [2.05, 4.69) is 26.1 Å². The van der Waals surface area contributed by atoms with Gasteiger partial charge >= 0.3 is 0 Å². The first-order valence-corrected chi connectivity index (χ1v) is 10.8. The van der Waals surface area contributed by atoms with E-state index in [-0.39, 0.29) is 5.91 Å². The molecule has 0 aliphatic carbocycles. The van der Waals surface area contributed by atoms with E-state index in [1.54, 1.807) is 12.1 Å². The van der Waals surface area contributed by atoms with Gasteiger partial charge in [0.05, 0.1) is 17.6 Å². The van der Waals surface area contributed by atoms with Crippen molar-refractivity contribution in [1.29, 1.82) is 0 Å². The van der Waals surface area contributed by atoms with Gasteiger partial charge in [-0.05, 0) is 30.3 Å². The van der Waals surface area contributed by atoms with Gasteiger partial charge in [0.15, 0.2) is 0 Å². The molecule has 0 aromatic heterocycles. The van der Waals surface area contributed by atoms with Gasteiger partial charge in [-0.15, -0.1) is 0 Å². The van der Waals surface area contributed by atoms with Crippen LogP contribution in [0.2, 0.25) is 0 Å². The third kappa shape index (κ3) is 4.44. The molecule has 1 N–H and O–H groups in total. The van der Waals surface area contributed by atoms with Gasteiger partial charge in [0.1, 0.15) is 0 Å². The number of hydrogen-bond donors (Lipinski definition) is 1. The first-order chi connectivity index (χ1) is 12.3. The summed E-state index contributed by atoms with van der Waals surface area (Å²) in [6.07, 6.45) is 1.23. The summed E-state index contributed by atoms with van der Waals surface area (Å²) in [7, 11) is -3.17. The number of halogens is 1. The molecule has 8 heteroatoms. The highest BCUT2D eigenvalue weighted by atomic mass is 79.9. The lowest BCUT2D eigenvalue weighted by Gasteiger charge is -2.35. The first-order valence-electron chi connectivity index (χ1n) is 8.20. The predicted octanol–water partition coefficient (Wildman–Crippen LogP) is 2.78. The van der Waals surface area contributed by atoms with Crippen LogP contribution in [0.4, 0.5) is 11.4 Å². The quantitative estimate of drug-likeness (QED) is 0.797. The monoisotopic (exact) mass is 437 g/mol. The summed E-state index contributed by atoms with van der Waals surface area (Å²) in [5.74, 6) is -0.187. The van der Waals surface area contributed by atoms with E-state index in [9.17, 15) is 13.2 Å². The van der Waals surface area contributed by atoms with Gasteiger partial charge in [0.2, 0.25) is 10.0 Å². The van der Waals surface area contributed by atoms with Crippen molar-refractivity contribution in [3.05, 3.63) is 58.6 Å². The lowest BCUT2D eigenvalue weighted by molar-refractivity contribution is 0.102. The van der Waals surface area contributed by atoms with E-state index in [0.29, 0.717) is 37.4 Å². The lowest BCUT2D eigenvalue weighted by atomic mass is 10.2. The van der Waals surface area contributed by atoms with E-state index >= 15 is 0 Å². The summed E-state index contributed by atoms with van der Waals surface area (Å²) >= 11 is 3.37. The van der Waals surface area contributed by atoms with Crippen molar-refractivity contribution >= 4 is 43.2 Å². The minimum Gasteiger partial charge on any atom is -0.367 e. The summed E-state index contributed by atoms with van der Waals surface area (Å²) in [5.41, 5.74) is 2.17. The Morgan fingerprint density at radius 3 is 2.38 bits per heavy atom. The predicted molar refractivity (Wildman–Crippen MR) is 107 cm³/mol. The van der Waals surface area contributed by atoms with Gasteiger partial charge in [-0.1, -0.05) is 34.1 Å². The van der Waals surface area contributed by atoms with Gasteiger partial charge in [-0.3, -0.25) is 4.79 Å². The van der Waals surface area contributed by atoms with Gasteiger partial charge in [-0.2, -0.15) is 4.31 Å². The number of benzene rings is 2. The fourth-order valence-corrected chi connectivity index (χ4v) is 4.17. The van der Waals surface area contributed by atoms with Crippen molar-refractivity contribution in [2.75, 3.05) is 42.7 Å².